The Morgan fingerprint density at radius 3 is 2.88 bits per heavy atom. The summed E-state index contributed by atoms with van der Waals surface area (Å²) in [6, 6.07) is 10.3. The lowest BCUT2D eigenvalue weighted by Gasteiger charge is -2.17. The van der Waals surface area contributed by atoms with Crippen molar-refractivity contribution in [2.45, 2.75) is 6.04 Å². The molecule has 0 amide bonds. The number of likely N-dealkylation sites (N-methyl/N-ethyl adjacent to an activating group) is 1. The number of benzene rings is 1. The van der Waals surface area contributed by atoms with Crippen LogP contribution in [0.25, 0.3) is 10.9 Å². The van der Waals surface area contributed by atoms with E-state index in [4.69, 9.17) is 5.73 Å². The lowest BCUT2D eigenvalue weighted by Crippen LogP contribution is -2.25. The van der Waals surface area contributed by atoms with E-state index in [0.717, 1.165) is 23.0 Å². The van der Waals surface area contributed by atoms with Crippen molar-refractivity contribution in [2.24, 2.45) is 5.73 Å². The number of nitrogens with two attached hydrogens (primary N) is 1. The zero-order valence-electron chi connectivity index (χ0n) is 9.72. The third-order valence-corrected chi connectivity index (χ3v) is 2.62. The predicted molar refractivity (Wildman–Crippen MR) is 67.2 cm³/mol. The molecular formula is C13H17N3. The van der Waals surface area contributed by atoms with Gasteiger partial charge in [0, 0.05) is 24.2 Å². The Morgan fingerprint density at radius 1 is 1.31 bits per heavy atom. The van der Waals surface area contributed by atoms with Gasteiger partial charge in [-0.15, -0.1) is 0 Å². The third-order valence-electron chi connectivity index (χ3n) is 2.62. The summed E-state index contributed by atoms with van der Waals surface area (Å²) in [6.45, 7) is 0.853. The molecule has 0 bridgehead atoms. The van der Waals surface area contributed by atoms with Crippen LogP contribution in [0.2, 0.25) is 0 Å². The number of hydrogen-bond acceptors (Lipinski definition) is 3. The van der Waals surface area contributed by atoms with Crippen LogP contribution in [-0.4, -0.2) is 30.5 Å². The standard InChI is InChI=1S/C13H17N3/c1-16(2)9-12(14)10-5-6-13-11(8-10)4-3-7-15-13/h3-8,12H,9,14H2,1-2H3. The Morgan fingerprint density at radius 2 is 2.12 bits per heavy atom. The van der Waals surface area contributed by atoms with Gasteiger partial charge in [-0.1, -0.05) is 12.1 Å². The fourth-order valence-electron chi connectivity index (χ4n) is 1.82. The van der Waals surface area contributed by atoms with Crippen molar-refractivity contribution in [2.75, 3.05) is 20.6 Å². The summed E-state index contributed by atoms with van der Waals surface area (Å²) in [6.07, 6.45) is 1.81. The first-order chi connectivity index (χ1) is 7.66. The van der Waals surface area contributed by atoms with Gasteiger partial charge in [-0.3, -0.25) is 4.98 Å². The van der Waals surface area contributed by atoms with Gasteiger partial charge in [-0.25, -0.2) is 0 Å². The van der Waals surface area contributed by atoms with Crippen molar-refractivity contribution in [3.8, 4) is 0 Å². The van der Waals surface area contributed by atoms with Gasteiger partial charge in [-0.2, -0.15) is 0 Å². The maximum absolute atomic E-state index is 6.12. The van der Waals surface area contributed by atoms with Crippen LogP contribution in [0.3, 0.4) is 0 Å². The van der Waals surface area contributed by atoms with E-state index in [1.54, 1.807) is 0 Å². The molecule has 1 atom stereocenters. The molecule has 3 heteroatoms. The van der Waals surface area contributed by atoms with E-state index in [9.17, 15) is 0 Å². The first kappa shape index (κ1) is 11.0. The highest BCUT2D eigenvalue weighted by atomic mass is 15.1. The summed E-state index contributed by atoms with van der Waals surface area (Å²) in [4.78, 5) is 6.39. The maximum Gasteiger partial charge on any atom is 0.0702 e. The minimum absolute atomic E-state index is 0.0552. The lowest BCUT2D eigenvalue weighted by molar-refractivity contribution is 0.377. The zero-order chi connectivity index (χ0) is 11.5. The fourth-order valence-corrected chi connectivity index (χ4v) is 1.82. The largest absolute Gasteiger partial charge is 0.323 e. The van der Waals surface area contributed by atoms with Gasteiger partial charge in [0.15, 0.2) is 0 Å². The van der Waals surface area contributed by atoms with Crippen LogP contribution >= 0.6 is 0 Å². The van der Waals surface area contributed by atoms with Crippen LogP contribution in [-0.2, 0) is 0 Å². The fraction of sp³-hybridized carbons (Fsp3) is 0.308. The van der Waals surface area contributed by atoms with Gasteiger partial charge in [0.1, 0.15) is 0 Å². The highest BCUT2D eigenvalue weighted by Gasteiger charge is 2.07. The van der Waals surface area contributed by atoms with Gasteiger partial charge < -0.3 is 10.6 Å². The molecule has 1 unspecified atom stereocenters. The van der Waals surface area contributed by atoms with Crippen LogP contribution in [0.4, 0.5) is 0 Å². The van der Waals surface area contributed by atoms with E-state index in [-0.39, 0.29) is 6.04 Å². The summed E-state index contributed by atoms with van der Waals surface area (Å²) in [5.41, 5.74) is 8.30. The zero-order valence-corrected chi connectivity index (χ0v) is 9.72. The average Bonchev–Trinajstić information content (AvgIpc) is 2.27. The monoisotopic (exact) mass is 215 g/mol. The van der Waals surface area contributed by atoms with E-state index in [1.165, 1.54) is 0 Å². The van der Waals surface area contributed by atoms with Crippen molar-refractivity contribution in [3.05, 3.63) is 42.1 Å². The van der Waals surface area contributed by atoms with Crippen molar-refractivity contribution in [1.29, 1.82) is 0 Å². The third kappa shape index (κ3) is 2.38. The Balaban J connectivity index is 2.32. The van der Waals surface area contributed by atoms with Crippen LogP contribution in [0, 0.1) is 0 Å². The Hall–Kier alpha value is -1.45. The van der Waals surface area contributed by atoms with E-state index >= 15 is 0 Å². The topological polar surface area (TPSA) is 42.1 Å². The van der Waals surface area contributed by atoms with Crippen LogP contribution in [0.15, 0.2) is 36.5 Å². The molecule has 1 aromatic carbocycles. The molecule has 0 fully saturated rings. The van der Waals surface area contributed by atoms with Crippen molar-refractivity contribution < 1.29 is 0 Å². The van der Waals surface area contributed by atoms with Crippen LogP contribution in [0.1, 0.15) is 11.6 Å². The lowest BCUT2D eigenvalue weighted by atomic mass is 10.0. The Bertz CT molecular complexity index is 479. The molecule has 0 saturated carbocycles. The molecule has 1 aromatic heterocycles. The number of fused-ring (bicyclic) bond motifs is 1. The highest BCUT2D eigenvalue weighted by Crippen LogP contribution is 2.17. The molecule has 84 valence electrons. The summed E-state index contributed by atoms with van der Waals surface area (Å²) >= 11 is 0. The predicted octanol–water partition coefficient (Wildman–Crippen LogP) is 1.80. The van der Waals surface area contributed by atoms with Gasteiger partial charge in [0.05, 0.1) is 5.52 Å². The molecule has 0 aliphatic carbocycles. The minimum Gasteiger partial charge on any atom is -0.323 e. The summed E-state index contributed by atoms with van der Waals surface area (Å²) in [5, 5.41) is 1.15. The molecule has 0 spiro atoms. The second-order valence-electron chi connectivity index (χ2n) is 4.32. The van der Waals surface area contributed by atoms with Crippen LogP contribution in [0.5, 0.6) is 0 Å². The first-order valence-electron chi connectivity index (χ1n) is 5.42. The molecule has 2 aromatic rings. The Kier molecular flexibility index (Phi) is 3.17. The number of pyridine rings is 1. The van der Waals surface area contributed by atoms with Gasteiger partial charge in [-0.05, 0) is 37.9 Å². The smallest absolute Gasteiger partial charge is 0.0702 e. The van der Waals surface area contributed by atoms with E-state index in [0.29, 0.717) is 0 Å². The molecule has 2 rings (SSSR count). The van der Waals surface area contributed by atoms with Gasteiger partial charge in [0.2, 0.25) is 0 Å². The molecule has 0 radical (unpaired) electrons. The number of aromatic nitrogens is 1. The van der Waals surface area contributed by atoms with Crippen molar-refractivity contribution in [1.82, 2.24) is 9.88 Å². The molecule has 0 aliphatic heterocycles. The molecular weight excluding hydrogens is 198 g/mol. The van der Waals surface area contributed by atoms with Crippen molar-refractivity contribution in [3.63, 3.8) is 0 Å². The second kappa shape index (κ2) is 4.60. The molecule has 0 aliphatic rings. The minimum atomic E-state index is 0.0552. The number of nitrogens with zero attached hydrogens (tertiary/aromatic N) is 2. The molecule has 0 saturated heterocycles. The van der Waals surface area contributed by atoms with E-state index in [2.05, 4.69) is 28.1 Å². The summed E-state index contributed by atoms with van der Waals surface area (Å²) in [7, 11) is 4.06. The Labute approximate surface area is 95.9 Å². The summed E-state index contributed by atoms with van der Waals surface area (Å²) in [5.74, 6) is 0. The quantitative estimate of drug-likeness (QED) is 0.849. The molecule has 3 nitrogen and oxygen atoms in total. The van der Waals surface area contributed by atoms with Crippen molar-refractivity contribution >= 4 is 10.9 Å². The molecule has 16 heavy (non-hydrogen) atoms. The maximum atomic E-state index is 6.12. The SMILES string of the molecule is CN(C)CC(N)c1ccc2ncccc2c1. The van der Waals surface area contributed by atoms with Crippen LogP contribution < -0.4 is 5.73 Å². The van der Waals surface area contributed by atoms with E-state index < -0.39 is 0 Å². The van der Waals surface area contributed by atoms with Gasteiger partial charge >= 0.3 is 0 Å². The molecule has 2 N–H and O–H groups in total. The average molecular weight is 215 g/mol. The molecule has 1 heterocycles. The number of hydrogen-bond donors (Lipinski definition) is 1. The second-order valence-corrected chi connectivity index (χ2v) is 4.32. The van der Waals surface area contributed by atoms with Gasteiger partial charge in [0.25, 0.3) is 0 Å². The highest BCUT2D eigenvalue weighted by molar-refractivity contribution is 5.79. The summed E-state index contributed by atoms with van der Waals surface area (Å²) < 4.78 is 0. The first-order valence-corrected chi connectivity index (χ1v) is 5.42. The normalized spacial score (nSPS) is 13.2. The number of rotatable bonds is 3. The van der Waals surface area contributed by atoms with E-state index in [1.807, 2.05) is 32.4 Å².